The van der Waals surface area contributed by atoms with E-state index < -0.39 is 0 Å². The summed E-state index contributed by atoms with van der Waals surface area (Å²) in [7, 11) is 0. The molecule has 2 unspecified atom stereocenters. The first kappa shape index (κ1) is 25.2. The Morgan fingerprint density at radius 1 is 1.00 bits per heavy atom. The maximum Gasteiger partial charge on any atom is 0.0355 e. The number of rotatable bonds is 12. The maximum absolute atomic E-state index is 6.61. The largest absolute Gasteiger partial charge is 0.398 e. The van der Waals surface area contributed by atoms with Crippen LogP contribution in [0.1, 0.15) is 74.1 Å². The van der Waals surface area contributed by atoms with Crippen LogP contribution in [-0.4, -0.2) is 0 Å². The van der Waals surface area contributed by atoms with Crippen molar-refractivity contribution in [3.8, 4) is 0 Å². The van der Waals surface area contributed by atoms with Crippen LogP contribution >= 0.6 is 0 Å². The SMILES string of the molecule is C=CCCC/C(C)=C(C(/C=C/C(C)C(C)C=C)=C(C)CC)/C(N)=C\C(C)C. The molecular formula is C26H43N. The Kier molecular flexibility index (Phi) is 12.5. The molecule has 0 bridgehead atoms. The molecule has 0 aliphatic heterocycles. The second kappa shape index (κ2) is 13.4. The summed E-state index contributed by atoms with van der Waals surface area (Å²) >= 11 is 0. The van der Waals surface area contributed by atoms with Gasteiger partial charge in [0.2, 0.25) is 0 Å². The van der Waals surface area contributed by atoms with Crippen LogP contribution in [0.4, 0.5) is 0 Å². The average Bonchev–Trinajstić information content (AvgIpc) is 2.62. The van der Waals surface area contributed by atoms with Crippen molar-refractivity contribution in [2.24, 2.45) is 23.5 Å². The minimum Gasteiger partial charge on any atom is -0.398 e. The van der Waals surface area contributed by atoms with E-state index >= 15 is 0 Å². The minimum absolute atomic E-state index is 0.424. The lowest BCUT2D eigenvalue weighted by molar-refractivity contribution is 0.559. The number of nitrogens with two attached hydrogens (primary N) is 1. The van der Waals surface area contributed by atoms with Crippen LogP contribution in [0.15, 0.2) is 71.5 Å². The molecule has 1 nitrogen and oxygen atoms in total. The van der Waals surface area contributed by atoms with Crippen molar-refractivity contribution in [2.45, 2.75) is 74.1 Å². The highest BCUT2D eigenvalue weighted by molar-refractivity contribution is 5.55. The average molecular weight is 370 g/mol. The molecule has 0 aromatic heterocycles. The summed E-state index contributed by atoms with van der Waals surface area (Å²) in [6, 6.07) is 0. The van der Waals surface area contributed by atoms with Crippen LogP contribution in [0.5, 0.6) is 0 Å². The normalized spacial score (nSPS) is 16.8. The second-order valence-electron chi connectivity index (χ2n) is 8.06. The molecule has 0 aliphatic rings. The van der Waals surface area contributed by atoms with Gasteiger partial charge in [-0.3, -0.25) is 0 Å². The third kappa shape index (κ3) is 9.13. The lowest BCUT2D eigenvalue weighted by Gasteiger charge is -2.19. The summed E-state index contributed by atoms with van der Waals surface area (Å²) in [6.07, 6.45) is 15.0. The molecule has 0 saturated carbocycles. The molecule has 2 N–H and O–H groups in total. The standard InChI is InChI=1S/C26H43N/c1-10-13-14-15-23(9)26(25(27)18-19(4)5)24(21(7)12-3)17-16-22(8)20(6)11-2/h10-11,16-20,22H,1-2,12-15,27H2,3-9H3/b17-16+,24-21?,25-18+,26-23+. The van der Waals surface area contributed by atoms with Gasteiger partial charge in [0.25, 0.3) is 0 Å². The van der Waals surface area contributed by atoms with Crippen LogP contribution in [0.25, 0.3) is 0 Å². The quantitative estimate of drug-likeness (QED) is 0.211. The molecule has 0 radical (unpaired) electrons. The summed E-state index contributed by atoms with van der Waals surface area (Å²) in [5.74, 6) is 1.32. The molecule has 0 aromatic rings. The van der Waals surface area contributed by atoms with Gasteiger partial charge in [0.15, 0.2) is 0 Å². The van der Waals surface area contributed by atoms with E-state index in [1.54, 1.807) is 0 Å². The fourth-order valence-corrected chi connectivity index (χ4v) is 2.98. The zero-order valence-corrected chi connectivity index (χ0v) is 18.9. The molecule has 1 heteroatoms. The minimum atomic E-state index is 0.424. The van der Waals surface area contributed by atoms with Crippen molar-refractivity contribution in [3.05, 3.63) is 71.5 Å². The summed E-state index contributed by atoms with van der Waals surface area (Å²) in [6.45, 7) is 23.3. The van der Waals surface area contributed by atoms with E-state index in [9.17, 15) is 0 Å². The number of hydrogen-bond acceptors (Lipinski definition) is 1. The summed E-state index contributed by atoms with van der Waals surface area (Å²) in [5.41, 5.74) is 12.8. The lowest BCUT2D eigenvalue weighted by atomic mass is 9.88. The molecule has 0 aliphatic carbocycles. The maximum atomic E-state index is 6.61. The topological polar surface area (TPSA) is 26.0 Å². The van der Waals surface area contributed by atoms with E-state index in [1.807, 2.05) is 12.2 Å². The Bertz CT molecular complexity index is 596. The van der Waals surface area contributed by atoms with Crippen LogP contribution in [-0.2, 0) is 0 Å². The fourth-order valence-electron chi connectivity index (χ4n) is 2.98. The van der Waals surface area contributed by atoms with E-state index in [1.165, 1.54) is 22.3 Å². The fraction of sp³-hybridized carbons (Fsp3) is 0.538. The van der Waals surface area contributed by atoms with Crippen LogP contribution in [0.2, 0.25) is 0 Å². The molecule has 152 valence electrons. The summed E-state index contributed by atoms with van der Waals surface area (Å²) in [5, 5.41) is 0. The van der Waals surface area contributed by atoms with Gasteiger partial charge in [-0.15, -0.1) is 13.2 Å². The number of allylic oxidation sites excluding steroid dienone is 8. The Morgan fingerprint density at radius 3 is 2.11 bits per heavy atom. The highest BCUT2D eigenvalue weighted by Gasteiger charge is 2.14. The molecule has 27 heavy (non-hydrogen) atoms. The van der Waals surface area contributed by atoms with Gasteiger partial charge in [-0.2, -0.15) is 0 Å². The smallest absolute Gasteiger partial charge is 0.0355 e. The van der Waals surface area contributed by atoms with E-state index in [2.05, 4.69) is 79.9 Å². The Morgan fingerprint density at radius 2 is 1.63 bits per heavy atom. The van der Waals surface area contributed by atoms with Crippen molar-refractivity contribution >= 4 is 0 Å². The van der Waals surface area contributed by atoms with E-state index in [0.29, 0.717) is 17.8 Å². The van der Waals surface area contributed by atoms with E-state index in [-0.39, 0.29) is 0 Å². The Balaban J connectivity index is 6.23. The number of hydrogen-bond donors (Lipinski definition) is 1. The highest BCUT2D eigenvalue weighted by atomic mass is 14.6. The summed E-state index contributed by atoms with van der Waals surface area (Å²) < 4.78 is 0. The van der Waals surface area contributed by atoms with Gasteiger partial charge in [0, 0.05) is 11.3 Å². The molecule has 0 fully saturated rings. The molecule has 0 aromatic carbocycles. The Labute approximate surface area is 169 Å². The van der Waals surface area contributed by atoms with E-state index in [0.717, 1.165) is 31.4 Å². The highest BCUT2D eigenvalue weighted by Crippen LogP contribution is 2.30. The van der Waals surface area contributed by atoms with Gasteiger partial charge in [0.05, 0.1) is 0 Å². The van der Waals surface area contributed by atoms with Gasteiger partial charge in [-0.25, -0.2) is 0 Å². The zero-order valence-electron chi connectivity index (χ0n) is 18.9. The predicted octanol–water partition coefficient (Wildman–Crippen LogP) is 7.90. The molecule has 0 rings (SSSR count). The van der Waals surface area contributed by atoms with Gasteiger partial charge in [-0.1, -0.05) is 76.1 Å². The van der Waals surface area contributed by atoms with Gasteiger partial charge < -0.3 is 5.73 Å². The molecule has 0 saturated heterocycles. The van der Waals surface area contributed by atoms with Gasteiger partial charge in [0.1, 0.15) is 0 Å². The van der Waals surface area contributed by atoms with Crippen molar-refractivity contribution in [2.75, 3.05) is 0 Å². The van der Waals surface area contributed by atoms with Crippen molar-refractivity contribution in [1.82, 2.24) is 0 Å². The summed E-state index contributed by atoms with van der Waals surface area (Å²) in [4.78, 5) is 0. The Hall–Kier alpha value is -1.76. The first-order valence-corrected chi connectivity index (χ1v) is 10.5. The van der Waals surface area contributed by atoms with Crippen molar-refractivity contribution in [1.29, 1.82) is 0 Å². The van der Waals surface area contributed by atoms with Gasteiger partial charge in [-0.05, 0) is 62.9 Å². The number of unbranched alkanes of at least 4 members (excludes halogenated alkanes) is 1. The van der Waals surface area contributed by atoms with Crippen LogP contribution < -0.4 is 5.73 Å². The third-order valence-electron chi connectivity index (χ3n) is 5.22. The molecule has 0 spiro atoms. The lowest BCUT2D eigenvalue weighted by Crippen LogP contribution is -2.09. The molecular weight excluding hydrogens is 326 g/mol. The molecule has 2 atom stereocenters. The van der Waals surface area contributed by atoms with Crippen LogP contribution in [0.3, 0.4) is 0 Å². The van der Waals surface area contributed by atoms with Crippen molar-refractivity contribution in [3.63, 3.8) is 0 Å². The first-order chi connectivity index (χ1) is 12.7. The van der Waals surface area contributed by atoms with Gasteiger partial charge >= 0.3 is 0 Å². The van der Waals surface area contributed by atoms with E-state index in [4.69, 9.17) is 5.73 Å². The predicted molar refractivity (Wildman–Crippen MR) is 125 cm³/mol. The van der Waals surface area contributed by atoms with Crippen molar-refractivity contribution < 1.29 is 0 Å². The molecule has 0 heterocycles. The zero-order chi connectivity index (χ0) is 21.0. The monoisotopic (exact) mass is 369 g/mol. The molecule has 0 amide bonds. The second-order valence-corrected chi connectivity index (χ2v) is 8.06. The third-order valence-corrected chi connectivity index (χ3v) is 5.22. The first-order valence-electron chi connectivity index (χ1n) is 10.5. The van der Waals surface area contributed by atoms with Crippen LogP contribution in [0, 0.1) is 17.8 Å².